The van der Waals surface area contributed by atoms with Crippen LogP contribution in [0.2, 0.25) is 0 Å². The second kappa shape index (κ2) is 9.42. The van der Waals surface area contributed by atoms with E-state index in [1.165, 1.54) is 24.6 Å². The maximum atomic E-state index is 12.1. The molecule has 0 radical (unpaired) electrons. The fraction of sp³-hybridized carbons (Fsp3) is 0.467. The van der Waals surface area contributed by atoms with Crippen LogP contribution in [0.25, 0.3) is 0 Å². The number of thioether (sulfide) groups is 1. The Labute approximate surface area is 124 Å². The van der Waals surface area contributed by atoms with E-state index in [0.29, 0.717) is 12.1 Å². The van der Waals surface area contributed by atoms with Gasteiger partial charge in [0.15, 0.2) is 0 Å². The molecule has 20 heavy (non-hydrogen) atoms. The molecule has 4 nitrogen and oxygen atoms in total. The molecule has 3 N–H and O–H groups in total. The number of primary amides is 1. The number of hydrogen-bond acceptors (Lipinski definition) is 3. The average molecular weight is 294 g/mol. The first-order chi connectivity index (χ1) is 9.65. The van der Waals surface area contributed by atoms with E-state index in [0.717, 1.165) is 17.7 Å². The number of benzene rings is 1. The fourth-order valence-corrected chi connectivity index (χ4v) is 2.57. The van der Waals surface area contributed by atoms with Crippen molar-refractivity contribution < 1.29 is 9.59 Å². The molecule has 0 atom stereocenters. The number of nitrogens with two attached hydrogens (primary N) is 1. The Morgan fingerprint density at radius 1 is 1.20 bits per heavy atom. The summed E-state index contributed by atoms with van der Waals surface area (Å²) in [7, 11) is 0. The van der Waals surface area contributed by atoms with Crippen LogP contribution >= 0.6 is 11.8 Å². The van der Waals surface area contributed by atoms with Crippen molar-refractivity contribution in [3.8, 4) is 0 Å². The zero-order chi connectivity index (χ0) is 14.8. The van der Waals surface area contributed by atoms with Gasteiger partial charge < -0.3 is 11.1 Å². The van der Waals surface area contributed by atoms with Crippen molar-refractivity contribution in [3.63, 3.8) is 0 Å². The molecule has 0 saturated heterocycles. The van der Waals surface area contributed by atoms with E-state index in [1.54, 1.807) is 6.07 Å². The third-order valence-electron chi connectivity index (χ3n) is 2.82. The highest BCUT2D eigenvalue weighted by molar-refractivity contribution is 8.00. The van der Waals surface area contributed by atoms with E-state index in [2.05, 4.69) is 12.2 Å². The van der Waals surface area contributed by atoms with Crippen molar-refractivity contribution in [1.29, 1.82) is 0 Å². The molecule has 0 aromatic heterocycles. The van der Waals surface area contributed by atoms with Gasteiger partial charge in [0.25, 0.3) is 5.91 Å². The fourth-order valence-electron chi connectivity index (χ4n) is 1.78. The van der Waals surface area contributed by atoms with Gasteiger partial charge in [-0.15, -0.1) is 11.8 Å². The minimum absolute atomic E-state index is 0.0888. The average Bonchev–Trinajstić information content (AvgIpc) is 2.45. The highest BCUT2D eigenvalue weighted by Gasteiger charge is 2.11. The normalized spacial score (nSPS) is 10.2. The Morgan fingerprint density at radius 2 is 1.95 bits per heavy atom. The van der Waals surface area contributed by atoms with E-state index in [4.69, 9.17) is 5.73 Å². The number of rotatable bonds is 9. The van der Waals surface area contributed by atoms with Crippen molar-refractivity contribution in [2.75, 3.05) is 12.3 Å². The lowest BCUT2D eigenvalue weighted by molar-refractivity contribution is -0.115. The number of unbranched alkanes of at least 4 members (excludes halogenated alkanes) is 3. The zero-order valence-electron chi connectivity index (χ0n) is 11.9. The van der Waals surface area contributed by atoms with Gasteiger partial charge in [-0.25, -0.2) is 0 Å². The van der Waals surface area contributed by atoms with Gasteiger partial charge in [0.2, 0.25) is 5.91 Å². The lowest BCUT2D eigenvalue weighted by atomic mass is 10.2. The van der Waals surface area contributed by atoms with Crippen LogP contribution in [0.4, 0.5) is 0 Å². The lowest BCUT2D eigenvalue weighted by Crippen LogP contribution is -2.25. The Kier molecular flexibility index (Phi) is 7.80. The summed E-state index contributed by atoms with van der Waals surface area (Å²) in [4.78, 5) is 23.7. The summed E-state index contributed by atoms with van der Waals surface area (Å²) >= 11 is 1.30. The van der Waals surface area contributed by atoms with Gasteiger partial charge in [-0.1, -0.05) is 38.3 Å². The zero-order valence-corrected chi connectivity index (χ0v) is 12.7. The van der Waals surface area contributed by atoms with Crippen LogP contribution in [0, 0.1) is 0 Å². The molecule has 2 amide bonds. The van der Waals surface area contributed by atoms with E-state index in [1.807, 2.05) is 18.2 Å². The molecule has 1 aromatic rings. The van der Waals surface area contributed by atoms with Crippen LogP contribution in [0.1, 0.15) is 43.0 Å². The molecule has 1 aromatic carbocycles. The quantitative estimate of drug-likeness (QED) is 0.543. The molecule has 0 aliphatic rings. The Morgan fingerprint density at radius 3 is 2.65 bits per heavy atom. The second-order valence-electron chi connectivity index (χ2n) is 4.57. The van der Waals surface area contributed by atoms with Crippen molar-refractivity contribution in [3.05, 3.63) is 29.8 Å². The minimum Gasteiger partial charge on any atom is -0.369 e. The van der Waals surface area contributed by atoms with Crippen molar-refractivity contribution >= 4 is 23.6 Å². The van der Waals surface area contributed by atoms with Crippen LogP contribution in [-0.2, 0) is 4.79 Å². The van der Waals surface area contributed by atoms with Gasteiger partial charge in [-0.2, -0.15) is 0 Å². The predicted octanol–water partition coefficient (Wildman–Crippen LogP) is 2.57. The summed E-state index contributed by atoms with van der Waals surface area (Å²) in [5.74, 6) is -0.292. The van der Waals surface area contributed by atoms with Crippen LogP contribution in [-0.4, -0.2) is 24.1 Å². The number of amides is 2. The maximum absolute atomic E-state index is 12.1. The Balaban J connectivity index is 2.51. The van der Waals surface area contributed by atoms with Gasteiger partial charge in [0, 0.05) is 11.4 Å². The molecule has 0 unspecified atom stereocenters. The monoisotopic (exact) mass is 294 g/mol. The van der Waals surface area contributed by atoms with Crippen molar-refractivity contribution in [2.45, 2.75) is 37.5 Å². The molecule has 0 bridgehead atoms. The maximum Gasteiger partial charge on any atom is 0.252 e. The van der Waals surface area contributed by atoms with Gasteiger partial charge in [-0.05, 0) is 18.6 Å². The summed E-state index contributed by atoms with van der Waals surface area (Å²) in [6, 6.07) is 7.27. The third-order valence-corrected chi connectivity index (χ3v) is 3.91. The van der Waals surface area contributed by atoms with Crippen molar-refractivity contribution in [2.24, 2.45) is 5.73 Å². The molecular weight excluding hydrogens is 272 g/mol. The van der Waals surface area contributed by atoms with Gasteiger partial charge >= 0.3 is 0 Å². The SMILES string of the molecule is CCCCCCNC(=O)c1ccccc1SCC(N)=O. The molecular formula is C15H22N2O2S. The molecule has 0 aliphatic heterocycles. The number of carbonyl (C=O) groups excluding carboxylic acids is 2. The smallest absolute Gasteiger partial charge is 0.252 e. The predicted molar refractivity (Wildman–Crippen MR) is 82.8 cm³/mol. The highest BCUT2D eigenvalue weighted by Crippen LogP contribution is 2.22. The highest BCUT2D eigenvalue weighted by atomic mass is 32.2. The van der Waals surface area contributed by atoms with Crippen LogP contribution in [0.15, 0.2) is 29.2 Å². The summed E-state index contributed by atoms with van der Waals surface area (Å²) in [5, 5.41) is 2.92. The van der Waals surface area contributed by atoms with E-state index < -0.39 is 0 Å². The van der Waals surface area contributed by atoms with Crippen molar-refractivity contribution in [1.82, 2.24) is 5.32 Å². The topological polar surface area (TPSA) is 72.2 Å². The summed E-state index contributed by atoms with van der Waals surface area (Å²) in [5.41, 5.74) is 5.74. The molecule has 110 valence electrons. The summed E-state index contributed by atoms with van der Waals surface area (Å²) < 4.78 is 0. The first kappa shape index (κ1) is 16.6. The molecule has 0 spiro atoms. The molecule has 0 fully saturated rings. The summed E-state index contributed by atoms with van der Waals surface area (Å²) in [6.45, 7) is 2.85. The number of nitrogens with one attached hydrogen (secondary N) is 1. The Hall–Kier alpha value is -1.49. The van der Waals surface area contributed by atoms with Gasteiger partial charge in [0.1, 0.15) is 0 Å². The molecule has 0 heterocycles. The first-order valence-corrected chi connectivity index (χ1v) is 7.92. The van der Waals surface area contributed by atoms with E-state index in [9.17, 15) is 9.59 Å². The van der Waals surface area contributed by atoms with Crippen LogP contribution in [0.3, 0.4) is 0 Å². The lowest BCUT2D eigenvalue weighted by Gasteiger charge is -2.09. The Bertz CT molecular complexity index is 449. The molecule has 0 saturated carbocycles. The largest absolute Gasteiger partial charge is 0.369 e. The minimum atomic E-state index is -0.384. The number of hydrogen-bond donors (Lipinski definition) is 2. The second-order valence-corrected chi connectivity index (χ2v) is 5.58. The first-order valence-electron chi connectivity index (χ1n) is 6.93. The molecule has 0 aliphatic carbocycles. The molecule has 1 rings (SSSR count). The molecule has 5 heteroatoms. The number of carbonyl (C=O) groups is 2. The third kappa shape index (κ3) is 6.10. The van der Waals surface area contributed by atoms with Gasteiger partial charge in [0.05, 0.1) is 11.3 Å². The standard InChI is InChI=1S/C15H22N2O2S/c1-2-3-4-7-10-17-15(19)12-8-5-6-9-13(12)20-11-14(16)18/h5-6,8-9H,2-4,7,10-11H2,1H3,(H2,16,18)(H,17,19). The van der Waals surface area contributed by atoms with Crippen LogP contribution in [0.5, 0.6) is 0 Å². The van der Waals surface area contributed by atoms with Crippen LogP contribution < -0.4 is 11.1 Å². The van der Waals surface area contributed by atoms with E-state index >= 15 is 0 Å². The van der Waals surface area contributed by atoms with Gasteiger partial charge in [-0.3, -0.25) is 9.59 Å². The summed E-state index contributed by atoms with van der Waals surface area (Å²) in [6.07, 6.45) is 4.51. The van der Waals surface area contributed by atoms with E-state index in [-0.39, 0.29) is 17.6 Å².